The third kappa shape index (κ3) is 4.21. The van der Waals surface area contributed by atoms with Crippen LogP contribution in [0.4, 0.5) is 5.69 Å². The SMILES string of the molecule is C#CCOc1ccc2c(c1)C(c1ccc(C(C)C)cc1)=NCN2Cc1cccs1. The summed E-state index contributed by atoms with van der Waals surface area (Å²) in [6, 6.07) is 19.1. The lowest BCUT2D eigenvalue weighted by molar-refractivity contribution is 0.370. The largest absolute Gasteiger partial charge is 0.481 e. The highest BCUT2D eigenvalue weighted by molar-refractivity contribution is 7.09. The molecule has 0 atom stereocenters. The van der Waals surface area contributed by atoms with Crippen molar-refractivity contribution in [1.29, 1.82) is 0 Å². The molecule has 4 heteroatoms. The van der Waals surface area contributed by atoms with E-state index in [1.165, 1.54) is 16.1 Å². The standard InChI is InChI=1S/C25H24N2OS/c1-4-13-28-21-11-12-24-23(15-21)25(20-9-7-19(8-10-20)18(2)3)26-17-27(24)16-22-6-5-14-29-22/h1,5-12,14-15,18H,13,16-17H2,2-3H3. The van der Waals surface area contributed by atoms with E-state index in [0.717, 1.165) is 29.1 Å². The van der Waals surface area contributed by atoms with Crippen molar-refractivity contribution in [3.8, 4) is 18.1 Å². The summed E-state index contributed by atoms with van der Waals surface area (Å²) in [5.74, 6) is 3.81. The summed E-state index contributed by atoms with van der Waals surface area (Å²) in [6.07, 6.45) is 5.36. The van der Waals surface area contributed by atoms with Gasteiger partial charge in [0.15, 0.2) is 0 Å². The Morgan fingerprint density at radius 2 is 2.00 bits per heavy atom. The first-order valence-electron chi connectivity index (χ1n) is 9.78. The normalized spacial score (nSPS) is 13.0. The predicted octanol–water partition coefficient (Wildman–Crippen LogP) is 5.70. The number of hydrogen-bond donors (Lipinski definition) is 0. The fourth-order valence-electron chi connectivity index (χ4n) is 3.51. The van der Waals surface area contributed by atoms with E-state index in [1.807, 2.05) is 6.07 Å². The van der Waals surface area contributed by atoms with Crippen molar-refractivity contribution < 1.29 is 4.74 Å². The Hall–Kier alpha value is -3.03. The molecular weight excluding hydrogens is 376 g/mol. The first kappa shape index (κ1) is 19.3. The quantitative estimate of drug-likeness (QED) is 0.496. The fraction of sp³-hybridized carbons (Fsp3) is 0.240. The molecule has 1 aromatic heterocycles. The molecule has 0 amide bonds. The molecule has 0 aliphatic carbocycles. The van der Waals surface area contributed by atoms with E-state index in [1.54, 1.807) is 11.3 Å². The van der Waals surface area contributed by atoms with Crippen LogP contribution in [0, 0.1) is 12.3 Å². The molecule has 3 nitrogen and oxygen atoms in total. The number of anilines is 1. The number of thiophene rings is 1. The van der Waals surface area contributed by atoms with Crippen LogP contribution in [0.2, 0.25) is 0 Å². The molecule has 0 fully saturated rings. The average Bonchev–Trinajstić information content (AvgIpc) is 3.25. The molecule has 146 valence electrons. The maximum atomic E-state index is 5.69. The Morgan fingerprint density at radius 3 is 2.69 bits per heavy atom. The number of ether oxygens (including phenoxy) is 1. The number of rotatable bonds is 6. The van der Waals surface area contributed by atoms with Gasteiger partial charge in [0, 0.05) is 21.7 Å². The number of terminal acetylenes is 1. The predicted molar refractivity (Wildman–Crippen MR) is 122 cm³/mol. The molecule has 0 spiro atoms. The summed E-state index contributed by atoms with van der Waals surface area (Å²) < 4.78 is 5.69. The molecule has 2 heterocycles. The van der Waals surface area contributed by atoms with Crippen LogP contribution >= 0.6 is 11.3 Å². The van der Waals surface area contributed by atoms with Gasteiger partial charge in [-0.15, -0.1) is 17.8 Å². The van der Waals surface area contributed by atoms with Gasteiger partial charge in [-0.05, 0) is 41.1 Å². The minimum Gasteiger partial charge on any atom is -0.481 e. The number of nitrogens with zero attached hydrogens (tertiary/aromatic N) is 2. The topological polar surface area (TPSA) is 24.8 Å². The molecule has 29 heavy (non-hydrogen) atoms. The fourth-order valence-corrected chi connectivity index (χ4v) is 4.23. The third-order valence-corrected chi connectivity index (χ3v) is 5.92. The number of aliphatic imine (C=N–C) groups is 1. The Bertz CT molecular complexity index is 1040. The van der Waals surface area contributed by atoms with Gasteiger partial charge in [0.25, 0.3) is 0 Å². The number of benzene rings is 2. The summed E-state index contributed by atoms with van der Waals surface area (Å²) in [7, 11) is 0. The van der Waals surface area contributed by atoms with Crippen LogP contribution in [0.3, 0.4) is 0 Å². The molecule has 0 saturated heterocycles. The molecular formula is C25H24N2OS. The molecule has 0 unspecified atom stereocenters. The Balaban J connectivity index is 1.71. The molecule has 0 bridgehead atoms. The number of fused-ring (bicyclic) bond motifs is 1. The van der Waals surface area contributed by atoms with Crippen molar-refractivity contribution in [2.45, 2.75) is 26.3 Å². The lowest BCUT2D eigenvalue weighted by atomic mass is 9.95. The zero-order valence-electron chi connectivity index (χ0n) is 16.8. The van der Waals surface area contributed by atoms with Gasteiger partial charge in [0.2, 0.25) is 0 Å². The Morgan fingerprint density at radius 1 is 1.17 bits per heavy atom. The first-order chi connectivity index (χ1) is 14.2. The molecule has 2 aromatic carbocycles. The van der Waals surface area contributed by atoms with Crippen LogP contribution in [-0.4, -0.2) is 19.0 Å². The van der Waals surface area contributed by atoms with E-state index in [2.05, 4.69) is 78.6 Å². The lowest BCUT2D eigenvalue weighted by Gasteiger charge is -2.30. The van der Waals surface area contributed by atoms with Gasteiger partial charge in [-0.3, -0.25) is 4.99 Å². The van der Waals surface area contributed by atoms with E-state index < -0.39 is 0 Å². The van der Waals surface area contributed by atoms with Gasteiger partial charge >= 0.3 is 0 Å². The van der Waals surface area contributed by atoms with Crippen LogP contribution < -0.4 is 9.64 Å². The summed E-state index contributed by atoms with van der Waals surface area (Å²) in [5.41, 5.74) is 5.71. The highest BCUT2D eigenvalue weighted by atomic mass is 32.1. The van der Waals surface area contributed by atoms with Gasteiger partial charge in [-0.2, -0.15) is 0 Å². The highest BCUT2D eigenvalue weighted by Gasteiger charge is 2.22. The average molecular weight is 401 g/mol. The summed E-state index contributed by atoms with van der Waals surface area (Å²) in [4.78, 5) is 8.58. The maximum absolute atomic E-state index is 5.69. The molecule has 0 N–H and O–H groups in total. The second kappa shape index (κ2) is 8.55. The van der Waals surface area contributed by atoms with Gasteiger partial charge in [0.05, 0.1) is 12.3 Å². The van der Waals surface area contributed by atoms with Crippen molar-refractivity contribution >= 4 is 22.7 Å². The molecule has 1 aliphatic heterocycles. The van der Waals surface area contributed by atoms with Gasteiger partial charge < -0.3 is 9.64 Å². The van der Waals surface area contributed by atoms with E-state index >= 15 is 0 Å². The van der Waals surface area contributed by atoms with E-state index in [9.17, 15) is 0 Å². The lowest BCUT2D eigenvalue weighted by Crippen LogP contribution is -2.29. The highest BCUT2D eigenvalue weighted by Crippen LogP contribution is 2.33. The Labute approximate surface area is 176 Å². The van der Waals surface area contributed by atoms with Gasteiger partial charge in [-0.1, -0.05) is 50.1 Å². The summed E-state index contributed by atoms with van der Waals surface area (Å²) >= 11 is 1.77. The summed E-state index contributed by atoms with van der Waals surface area (Å²) in [6.45, 7) is 6.16. The van der Waals surface area contributed by atoms with Gasteiger partial charge in [0.1, 0.15) is 19.0 Å². The maximum Gasteiger partial charge on any atom is 0.148 e. The number of hydrogen-bond acceptors (Lipinski definition) is 4. The van der Waals surface area contributed by atoms with Crippen molar-refractivity contribution in [1.82, 2.24) is 0 Å². The summed E-state index contributed by atoms with van der Waals surface area (Å²) in [5, 5.41) is 2.11. The second-order valence-corrected chi connectivity index (χ2v) is 8.41. The Kier molecular flexibility index (Phi) is 5.69. The van der Waals surface area contributed by atoms with Crippen LogP contribution in [0.15, 0.2) is 65.0 Å². The monoisotopic (exact) mass is 400 g/mol. The van der Waals surface area contributed by atoms with Gasteiger partial charge in [-0.25, -0.2) is 0 Å². The second-order valence-electron chi connectivity index (χ2n) is 7.37. The van der Waals surface area contributed by atoms with Crippen LogP contribution in [-0.2, 0) is 6.54 Å². The van der Waals surface area contributed by atoms with Crippen molar-refractivity contribution in [3.63, 3.8) is 0 Å². The van der Waals surface area contributed by atoms with E-state index in [4.69, 9.17) is 16.2 Å². The first-order valence-corrected chi connectivity index (χ1v) is 10.7. The molecule has 0 saturated carbocycles. The van der Waals surface area contributed by atoms with Crippen molar-refractivity contribution in [2.24, 2.45) is 4.99 Å². The minimum absolute atomic E-state index is 0.257. The van der Waals surface area contributed by atoms with E-state index in [-0.39, 0.29) is 6.61 Å². The minimum atomic E-state index is 0.257. The zero-order chi connectivity index (χ0) is 20.2. The zero-order valence-corrected chi connectivity index (χ0v) is 17.6. The molecule has 3 aromatic rings. The molecule has 0 radical (unpaired) electrons. The van der Waals surface area contributed by atoms with Crippen molar-refractivity contribution in [3.05, 3.63) is 81.5 Å². The van der Waals surface area contributed by atoms with E-state index in [0.29, 0.717) is 12.6 Å². The molecule has 4 rings (SSSR count). The smallest absolute Gasteiger partial charge is 0.148 e. The van der Waals surface area contributed by atoms with Crippen LogP contribution in [0.1, 0.15) is 41.3 Å². The van der Waals surface area contributed by atoms with Crippen LogP contribution in [0.25, 0.3) is 0 Å². The van der Waals surface area contributed by atoms with Crippen molar-refractivity contribution in [2.75, 3.05) is 18.2 Å². The van der Waals surface area contributed by atoms with Crippen LogP contribution in [0.5, 0.6) is 5.75 Å². The molecule has 1 aliphatic rings. The third-order valence-electron chi connectivity index (χ3n) is 5.06.